The molecule has 0 spiro atoms. The van der Waals surface area contributed by atoms with E-state index in [0.717, 1.165) is 84.7 Å². The second-order valence-corrected chi connectivity index (χ2v) is 19.9. The first-order valence-electron chi connectivity index (χ1n) is 21.4. The summed E-state index contributed by atoms with van der Waals surface area (Å²) in [6.07, 6.45) is 8.07. The van der Waals surface area contributed by atoms with Crippen LogP contribution in [0.1, 0.15) is 200 Å². The molecule has 6 heteroatoms. The van der Waals surface area contributed by atoms with E-state index in [9.17, 15) is 9.46 Å². The van der Waals surface area contributed by atoms with E-state index >= 15 is 0 Å². The summed E-state index contributed by atoms with van der Waals surface area (Å²) < 4.78 is 27.6. The monoisotopic (exact) mass is 766 g/mol. The van der Waals surface area contributed by atoms with Gasteiger partial charge >= 0.3 is 26.7 Å². The molecule has 0 unspecified atom stereocenters. The second kappa shape index (κ2) is 16.5. The molecule has 0 bridgehead atoms. The van der Waals surface area contributed by atoms with Gasteiger partial charge in [-0.1, -0.05) is 107 Å². The summed E-state index contributed by atoms with van der Waals surface area (Å²) in [7, 11) is -4.92. The van der Waals surface area contributed by atoms with Crippen LogP contribution in [0.2, 0.25) is 0 Å². The van der Waals surface area contributed by atoms with Crippen LogP contribution in [-0.2, 0) is 30.2 Å². The van der Waals surface area contributed by atoms with E-state index in [2.05, 4.69) is 119 Å². The van der Waals surface area contributed by atoms with Gasteiger partial charge in [-0.25, -0.2) is 4.57 Å². The Labute approximate surface area is 350 Å². The average molecular weight is 767 g/mol. The summed E-state index contributed by atoms with van der Waals surface area (Å²) in [5, 5.41) is 0. The summed E-state index contributed by atoms with van der Waals surface area (Å²) in [4.78, 5) is 14.6. The molecule has 0 amide bonds. The maximum Gasteiger partial charge on any atom is 1.00 e. The number of hydrogen-bond acceptors (Lipinski definition) is 4. The molecule has 2 aliphatic carbocycles. The normalized spacial score (nSPS) is 16.0. The maximum atomic E-state index is 14.6. The van der Waals surface area contributed by atoms with Crippen LogP contribution >= 0.6 is 7.82 Å². The molecule has 0 saturated carbocycles. The summed E-state index contributed by atoms with van der Waals surface area (Å²) in [5.41, 5.74) is 18.7. The van der Waals surface area contributed by atoms with Crippen LogP contribution in [-0.4, -0.2) is 0 Å². The summed E-state index contributed by atoms with van der Waals surface area (Å²) in [6, 6.07) is 14.1. The molecule has 4 nitrogen and oxygen atoms in total. The number of rotatable bonds is 8. The van der Waals surface area contributed by atoms with Crippen molar-refractivity contribution in [2.45, 2.75) is 170 Å². The van der Waals surface area contributed by atoms with Crippen molar-refractivity contribution in [2.24, 2.45) is 0 Å². The molecular weight excluding hydrogens is 702 g/mol. The Morgan fingerprint density at radius 2 is 0.768 bits per heavy atom. The van der Waals surface area contributed by atoms with Gasteiger partial charge < -0.3 is 13.9 Å². The van der Waals surface area contributed by atoms with Crippen molar-refractivity contribution >= 4 is 7.82 Å². The molecule has 4 aromatic rings. The van der Waals surface area contributed by atoms with Crippen LogP contribution < -0.4 is 32.8 Å². The largest absolute Gasteiger partial charge is 1.00 e. The van der Waals surface area contributed by atoms with Crippen molar-refractivity contribution in [1.29, 1.82) is 0 Å². The number of phosphoric acid groups is 1. The Bertz CT molecular complexity index is 1980. The van der Waals surface area contributed by atoms with Crippen LogP contribution in [0, 0.1) is 0 Å². The van der Waals surface area contributed by atoms with Gasteiger partial charge in [0.2, 0.25) is 0 Å². The molecule has 4 aromatic carbocycles. The summed E-state index contributed by atoms with van der Waals surface area (Å²) in [5.74, 6) is 2.57. The van der Waals surface area contributed by atoms with Crippen LogP contribution in [0.3, 0.4) is 0 Å². The van der Waals surface area contributed by atoms with Crippen LogP contribution in [0.15, 0.2) is 36.4 Å². The topological polar surface area (TPSA) is 58.6 Å². The first-order valence-corrected chi connectivity index (χ1v) is 22.9. The number of aryl methyl sites for hydroxylation is 2. The molecule has 0 aromatic heterocycles. The average Bonchev–Trinajstić information content (AvgIpc) is 3.26. The van der Waals surface area contributed by atoms with Crippen molar-refractivity contribution in [3.8, 4) is 44.9 Å². The van der Waals surface area contributed by atoms with Crippen LogP contribution in [0.25, 0.3) is 33.4 Å². The van der Waals surface area contributed by atoms with Crippen molar-refractivity contribution in [2.75, 3.05) is 0 Å². The minimum atomic E-state index is -4.92. The van der Waals surface area contributed by atoms with Crippen molar-refractivity contribution in [1.82, 2.24) is 0 Å². The third-order valence-electron chi connectivity index (χ3n) is 12.7. The summed E-state index contributed by atoms with van der Waals surface area (Å²) in [6.45, 7) is 27.1. The molecule has 0 saturated heterocycles. The first-order chi connectivity index (χ1) is 26.0. The van der Waals surface area contributed by atoms with Gasteiger partial charge in [0.1, 0.15) is 11.5 Å². The number of fused-ring (bicyclic) bond motifs is 7. The predicted molar refractivity (Wildman–Crippen MR) is 229 cm³/mol. The zero-order valence-corrected chi connectivity index (χ0v) is 37.6. The van der Waals surface area contributed by atoms with E-state index < -0.39 is 7.82 Å². The Hall–Kier alpha value is -2.73. The Balaban J connectivity index is 0.00000532. The molecule has 294 valence electrons. The van der Waals surface area contributed by atoms with Crippen molar-refractivity contribution in [3.05, 3.63) is 92.0 Å². The first kappa shape index (κ1) is 42.9. The SMILES string of the molecule is CC(C)c1cc(C(C)C)c(-c2cc3c(c4c2OP(=O)([O-])Oc2c(-c5c(C(C)C)cc(C(C)C)cc5C(C)C)cc5c(c2-4)CCCC5)CCCC3)c(C(C)C)c1.[Li+]. The summed E-state index contributed by atoms with van der Waals surface area (Å²) >= 11 is 0. The second-order valence-electron chi connectivity index (χ2n) is 18.7. The van der Waals surface area contributed by atoms with Gasteiger partial charge in [0.25, 0.3) is 0 Å². The fraction of sp³-hybridized carbons (Fsp3) is 0.520. The van der Waals surface area contributed by atoms with Crippen molar-refractivity contribution in [3.63, 3.8) is 0 Å². The quantitative estimate of drug-likeness (QED) is 0.132. The minimum Gasteiger partial charge on any atom is -0.736 e. The van der Waals surface area contributed by atoms with E-state index in [1.165, 1.54) is 55.6 Å². The Morgan fingerprint density at radius 3 is 1.05 bits per heavy atom. The fourth-order valence-corrected chi connectivity index (χ4v) is 10.5. The third-order valence-corrected chi connectivity index (χ3v) is 13.5. The van der Waals surface area contributed by atoms with Gasteiger partial charge in [0, 0.05) is 22.3 Å². The standard InChI is InChI=1S/C50H65O4P.Li/c1-27(2)35-23-39(29(5)6)45(40(24-35)30(7)8)43-21-33-17-13-15-19-37(33)47-48-38-20-16-14-18-34(38)22-44(50(48)54-55(51,52)53-49(43)47)46-41(31(9)10)25-36(28(3)4)26-42(46)32(11)12;/h21-32H,13-20H2,1-12H3,(H,51,52);/q;+1/p-1. The number of phosphoric ester groups is 1. The smallest absolute Gasteiger partial charge is 0.736 e. The third kappa shape index (κ3) is 7.75. The van der Waals surface area contributed by atoms with Gasteiger partial charge in [-0.3, -0.25) is 0 Å². The molecule has 1 heterocycles. The molecule has 3 aliphatic rings. The minimum absolute atomic E-state index is 0. The van der Waals surface area contributed by atoms with E-state index in [1.54, 1.807) is 0 Å². The maximum absolute atomic E-state index is 14.6. The van der Waals surface area contributed by atoms with E-state index in [1.807, 2.05) is 0 Å². The molecule has 7 rings (SSSR count). The van der Waals surface area contributed by atoms with E-state index in [0.29, 0.717) is 23.3 Å². The van der Waals surface area contributed by atoms with Crippen LogP contribution in [0.4, 0.5) is 0 Å². The predicted octanol–water partition coefficient (Wildman–Crippen LogP) is 11.4. The molecule has 1 aliphatic heterocycles. The molecule has 0 N–H and O–H groups in total. The van der Waals surface area contributed by atoms with Gasteiger partial charge in [-0.15, -0.1) is 0 Å². The number of benzene rings is 4. The number of hydrogen-bond donors (Lipinski definition) is 0. The Morgan fingerprint density at radius 1 is 0.464 bits per heavy atom. The van der Waals surface area contributed by atoms with Gasteiger partial charge in [-0.05, 0) is 166 Å². The molecule has 0 atom stereocenters. The van der Waals surface area contributed by atoms with E-state index in [-0.39, 0.29) is 42.5 Å². The molecule has 0 fully saturated rings. The van der Waals surface area contributed by atoms with Crippen molar-refractivity contribution < 1.29 is 37.4 Å². The van der Waals surface area contributed by atoms with Gasteiger partial charge in [0.15, 0.2) is 0 Å². The molecular formula is C50H64LiO4P. The Kier molecular flexibility index (Phi) is 12.6. The molecule has 56 heavy (non-hydrogen) atoms. The van der Waals surface area contributed by atoms with Crippen LogP contribution in [0.5, 0.6) is 11.5 Å². The zero-order valence-electron chi connectivity index (χ0n) is 36.7. The fourth-order valence-electron chi connectivity index (χ4n) is 9.64. The van der Waals surface area contributed by atoms with Gasteiger partial charge in [0.05, 0.1) is 0 Å². The van der Waals surface area contributed by atoms with Gasteiger partial charge in [-0.2, -0.15) is 0 Å². The zero-order chi connectivity index (χ0) is 39.7. The van der Waals surface area contributed by atoms with E-state index in [4.69, 9.17) is 9.05 Å². The molecule has 0 radical (unpaired) electrons.